The maximum absolute atomic E-state index is 11.8. The van der Waals surface area contributed by atoms with Gasteiger partial charge in [-0.1, -0.05) is 13.0 Å². The van der Waals surface area contributed by atoms with Crippen LogP contribution in [0.5, 0.6) is 0 Å². The van der Waals surface area contributed by atoms with E-state index in [4.69, 9.17) is 11.5 Å². The van der Waals surface area contributed by atoms with Gasteiger partial charge in [-0.25, -0.2) is 0 Å². The molecular formula is C11H15N3O2S2. The van der Waals surface area contributed by atoms with Crippen LogP contribution in [0.4, 0.5) is 5.69 Å². The lowest BCUT2D eigenvalue weighted by atomic mass is 10.2. The lowest BCUT2D eigenvalue weighted by molar-refractivity contribution is 0.0962. The molecule has 0 bridgehead atoms. The van der Waals surface area contributed by atoms with E-state index < -0.39 is 5.91 Å². The smallest absolute Gasteiger partial charge is 0.263 e. The average molecular weight is 285 g/mol. The van der Waals surface area contributed by atoms with Crippen LogP contribution in [0.2, 0.25) is 0 Å². The first-order valence-corrected chi connectivity index (χ1v) is 7.07. The first kappa shape index (κ1) is 14.6. The molecule has 0 aromatic carbocycles. The second-order valence-corrected chi connectivity index (χ2v) is 5.86. The van der Waals surface area contributed by atoms with Gasteiger partial charge in [0.05, 0.1) is 15.5 Å². The fraction of sp³-hybridized carbons (Fsp3) is 0.273. The molecule has 0 aliphatic heterocycles. The maximum Gasteiger partial charge on any atom is 0.263 e. The highest BCUT2D eigenvalue weighted by molar-refractivity contribution is 8.01. The van der Waals surface area contributed by atoms with Crippen molar-refractivity contribution in [1.29, 1.82) is 0 Å². The fourth-order valence-corrected chi connectivity index (χ4v) is 3.63. The summed E-state index contributed by atoms with van der Waals surface area (Å²) in [6.45, 7) is 5.80. The first-order valence-electron chi connectivity index (χ1n) is 5.26. The molecule has 98 valence electrons. The van der Waals surface area contributed by atoms with E-state index >= 15 is 0 Å². The van der Waals surface area contributed by atoms with Crippen molar-refractivity contribution in [2.24, 2.45) is 5.73 Å². The van der Waals surface area contributed by atoms with Crippen LogP contribution in [0.25, 0.3) is 0 Å². The summed E-state index contributed by atoms with van der Waals surface area (Å²) in [7, 11) is 0. The summed E-state index contributed by atoms with van der Waals surface area (Å²) < 4.78 is 0.686. The average Bonchev–Trinajstić information content (AvgIpc) is 2.64. The van der Waals surface area contributed by atoms with Crippen LogP contribution in [-0.4, -0.2) is 24.1 Å². The zero-order valence-electron chi connectivity index (χ0n) is 9.99. The van der Waals surface area contributed by atoms with Crippen molar-refractivity contribution in [1.82, 2.24) is 5.32 Å². The van der Waals surface area contributed by atoms with Gasteiger partial charge in [-0.05, 0) is 5.75 Å². The van der Waals surface area contributed by atoms with Crippen molar-refractivity contribution < 1.29 is 9.59 Å². The molecule has 1 aromatic rings. The number of rotatable bonds is 6. The number of carbonyl (C=O) groups is 2. The minimum absolute atomic E-state index is 0.157. The van der Waals surface area contributed by atoms with Crippen LogP contribution in [0.3, 0.4) is 0 Å². The summed E-state index contributed by atoms with van der Waals surface area (Å²) in [4.78, 5) is 23.5. The van der Waals surface area contributed by atoms with E-state index in [-0.39, 0.29) is 17.2 Å². The highest BCUT2D eigenvalue weighted by Crippen LogP contribution is 2.37. The highest BCUT2D eigenvalue weighted by Gasteiger charge is 2.23. The van der Waals surface area contributed by atoms with Gasteiger partial charge >= 0.3 is 0 Å². The molecule has 2 amide bonds. The quantitative estimate of drug-likeness (QED) is 0.544. The number of thioether (sulfide) groups is 1. The summed E-state index contributed by atoms with van der Waals surface area (Å²) in [5.41, 5.74) is 11.5. The van der Waals surface area contributed by atoms with Crippen molar-refractivity contribution in [2.45, 2.75) is 11.1 Å². The minimum Gasteiger partial charge on any atom is -0.397 e. The van der Waals surface area contributed by atoms with Gasteiger partial charge in [-0.15, -0.1) is 29.7 Å². The number of amides is 2. The van der Waals surface area contributed by atoms with E-state index in [1.807, 2.05) is 6.92 Å². The predicted molar refractivity (Wildman–Crippen MR) is 76.2 cm³/mol. The van der Waals surface area contributed by atoms with E-state index in [2.05, 4.69) is 11.9 Å². The number of nitrogens with two attached hydrogens (primary N) is 2. The molecule has 0 aliphatic carbocycles. The van der Waals surface area contributed by atoms with Crippen molar-refractivity contribution in [2.75, 3.05) is 18.0 Å². The molecular weight excluding hydrogens is 270 g/mol. The zero-order chi connectivity index (χ0) is 13.7. The Balaban J connectivity index is 3.13. The summed E-state index contributed by atoms with van der Waals surface area (Å²) in [6.07, 6.45) is 1.57. The number of hydrogen-bond acceptors (Lipinski definition) is 5. The number of carbonyl (C=O) groups excluding carboxylic acids is 2. The first-order chi connectivity index (χ1) is 8.52. The summed E-state index contributed by atoms with van der Waals surface area (Å²) in [5.74, 6) is -0.154. The largest absolute Gasteiger partial charge is 0.397 e. The van der Waals surface area contributed by atoms with Crippen LogP contribution in [0.1, 0.15) is 27.0 Å². The molecule has 1 heterocycles. The van der Waals surface area contributed by atoms with Crippen molar-refractivity contribution in [3.05, 3.63) is 23.1 Å². The second-order valence-electron chi connectivity index (χ2n) is 3.30. The van der Waals surface area contributed by atoms with Crippen LogP contribution in [-0.2, 0) is 0 Å². The molecule has 0 fully saturated rings. The standard InChI is InChI=1S/C11H15N3O2S2/c1-3-5-14-10(16)8-7(12)6(9(13)15)11(18-8)17-4-2/h3H,1,4-5,12H2,2H3,(H2,13,15)(H,14,16). The zero-order valence-corrected chi connectivity index (χ0v) is 11.6. The minimum atomic E-state index is -0.609. The van der Waals surface area contributed by atoms with Gasteiger partial charge in [0.25, 0.3) is 11.8 Å². The third-order valence-corrected chi connectivity index (χ3v) is 4.41. The Morgan fingerprint density at radius 1 is 1.56 bits per heavy atom. The number of anilines is 1. The third-order valence-electron chi connectivity index (χ3n) is 2.05. The van der Waals surface area contributed by atoms with Crippen LogP contribution >= 0.6 is 23.1 Å². The molecule has 7 heteroatoms. The molecule has 0 radical (unpaired) electrons. The molecule has 1 aromatic heterocycles. The fourth-order valence-electron chi connectivity index (χ4n) is 1.30. The molecule has 0 unspecified atom stereocenters. The number of thiophene rings is 1. The Bertz CT molecular complexity index is 483. The molecule has 0 aliphatic rings. The number of nitrogens with one attached hydrogen (secondary N) is 1. The molecule has 0 saturated carbocycles. The lowest BCUT2D eigenvalue weighted by Crippen LogP contribution is -2.23. The van der Waals surface area contributed by atoms with E-state index in [1.165, 1.54) is 23.1 Å². The Hall–Kier alpha value is -1.47. The Morgan fingerprint density at radius 3 is 2.72 bits per heavy atom. The van der Waals surface area contributed by atoms with Gasteiger partial charge < -0.3 is 16.8 Å². The predicted octanol–water partition coefficient (Wildman–Crippen LogP) is 1.46. The Kier molecular flexibility index (Phi) is 5.24. The number of primary amides is 1. The molecule has 0 spiro atoms. The van der Waals surface area contributed by atoms with Gasteiger partial charge in [0.15, 0.2) is 0 Å². The maximum atomic E-state index is 11.8. The van der Waals surface area contributed by atoms with E-state index in [0.717, 1.165) is 5.75 Å². The Morgan fingerprint density at radius 2 is 2.22 bits per heavy atom. The lowest BCUT2D eigenvalue weighted by Gasteiger charge is -2.01. The molecule has 5 nitrogen and oxygen atoms in total. The summed E-state index contributed by atoms with van der Waals surface area (Å²) in [6, 6.07) is 0. The van der Waals surface area contributed by atoms with Gasteiger partial charge in [0.1, 0.15) is 4.88 Å². The van der Waals surface area contributed by atoms with Crippen LogP contribution < -0.4 is 16.8 Å². The molecule has 0 saturated heterocycles. The van der Waals surface area contributed by atoms with Crippen molar-refractivity contribution >= 4 is 40.6 Å². The molecule has 18 heavy (non-hydrogen) atoms. The van der Waals surface area contributed by atoms with Crippen molar-refractivity contribution in [3.63, 3.8) is 0 Å². The van der Waals surface area contributed by atoms with E-state index in [1.54, 1.807) is 6.08 Å². The van der Waals surface area contributed by atoms with Crippen LogP contribution in [0.15, 0.2) is 16.9 Å². The summed E-state index contributed by atoms with van der Waals surface area (Å²) in [5, 5.41) is 2.62. The second kappa shape index (κ2) is 6.46. The van der Waals surface area contributed by atoms with Gasteiger partial charge in [0, 0.05) is 6.54 Å². The molecule has 5 N–H and O–H groups in total. The van der Waals surface area contributed by atoms with Gasteiger partial charge in [0.2, 0.25) is 0 Å². The van der Waals surface area contributed by atoms with Crippen molar-refractivity contribution in [3.8, 4) is 0 Å². The highest BCUT2D eigenvalue weighted by atomic mass is 32.2. The Labute approximate surface area is 114 Å². The third kappa shape index (κ3) is 3.05. The van der Waals surface area contributed by atoms with E-state index in [0.29, 0.717) is 15.6 Å². The van der Waals surface area contributed by atoms with Gasteiger partial charge in [-0.3, -0.25) is 9.59 Å². The number of hydrogen-bond donors (Lipinski definition) is 3. The molecule has 1 rings (SSSR count). The molecule has 0 atom stereocenters. The van der Waals surface area contributed by atoms with Crippen LogP contribution in [0, 0.1) is 0 Å². The SMILES string of the molecule is C=CCNC(=O)c1sc(SCC)c(C(N)=O)c1N. The number of nitrogen functional groups attached to an aromatic ring is 1. The monoisotopic (exact) mass is 285 g/mol. The summed E-state index contributed by atoms with van der Waals surface area (Å²) >= 11 is 2.63. The van der Waals surface area contributed by atoms with Gasteiger partial charge in [-0.2, -0.15) is 0 Å². The topological polar surface area (TPSA) is 98.2 Å². The van der Waals surface area contributed by atoms with E-state index in [9.17, 15) is 9.59 Å². The normalized spacial score (nSPS) is 10.1.